The van der Waals surface area contributed by atoms with Crippen molar-refractivity contribution in [3.63, 3.8) is 0 Å². The molecular weight excluding hydrogens is 330 g/mol. The monoisotopic (exact) mass is 351 g/mol. The van der Waals surface area contributed by atoms with Crippen LogP contribution in [0.4, 0.5) is 15.3 Å². The van der Waals surface area contributed by atoms with Gasteiger partial charge in [-0.2, -0.15) is 0 Å². The molecule has 0 saturated carbocycles. The van der Waals surface area contributed by atoms with Gasteiger partial charge in [0.2, 0.25) is 0 Å². The van der Waals surface area contributed by atoms with Crippen LogP contribution < -0.4 is 4.74 Å². The molecule has 0 spiro atoms. The van der Waals surface area contributed by atoms with Gasteiger partial charge in [-0.15, -0.1) is 0 Å². The fraction of sp³-hybridized carbons (Fsp3) is 0.500. The van der Waals surface area contributed by atoms with Crippen LogP contribution in [0.1, 0.15) is 19.8 Å². The first-order chi connectivity index (χ1) is 12.0. The molecule has 2 rings (SSSR count). The van der Waals surface area contributed by atoms with E-state index in [1.165, 1.54) is 29.2 Å². The third-order valence-electron chi connectivity index (χ3n) is 3.77. The molecule has 0 unspecified atom stereocenters. The fourth-order valence-corrected chi connectivity index (χ4v) is 2.27. The zero-order chi connectivity index (χ0) is 18.2. The molecule has 25 heavy (non-hydrogen) atoms. The van der Waals surface area contributed by atoms with Crippen LogP contribution in [0.5, 0.6) is 5.75 Å². The third-order valence-corrected chi connectivity index (χ3v) is 3.77. The fourth-order valence-electron chi connectivity index (χ4n) is 2.27. The standard InChI is InChI=1S/C16H21N3O6/c1-2-3-12-24-15(20)17-8-10-18(11-9-17)16(21)25-14-6-4-13(5-7-14)19(22)23/h4-7H,2-3,8-12H2,1H3. The lowest BCUT2D eigenvalue weighted by atomic mass is 10.3. The van der Waals surface area contributed by atoms with E-state index in [9.17, 15) is 19.7 Å². The Bertz CT molecular complexity index is 611. The van der Waals surface area contributed by atoms with Crippen LogP contribution in [0.25, 0.3) is 0 Å². The van der Waals surface area contributed by atoms with E-state index < -0.39 is 11.0 Å². The van der Waals surface area contributed by atoms with E-state index in [2.05, 4.69) is 0 Å². The molecule has 1 aliphatic heterocycles. The van der Waals surface area contributed by atoms with Crippen molar-refractivity contribution in [2.24, 2.45) is 0 Å². The summed E-state index contributed by atoms with van der Waals surface area (Å²) in [5.74, 6) is 0.233. The van der Waals surface area contributed by atoms with Crippen LogP contribution >= 0.6 is 0 Å². The Balaban J connectivity index is 1.79. The first-order valence-electron chi connectivity index (χ1n) is 8.14. The molecule has 1 heterocycles. The summed E-state index contributed by atoms with van der Waals surface area (Å²) in [4.78, 5) is 37.1. The minimum absolute atomic E-state index is 0.0741. The van der Waals surface area contributed by atoms with Gasteiger partial charge in [0.1, 0.15) is 5.75 Å². The van der Waals surface area contributed by atoms with Gasteiger partial charge >= 0.3 is 12.2 Å². The van der Waals surface area contributed by atoms with Gasteiger partial charge in [-0.05, 0) is 18.6 Å². The SMILES string of the molecule is CCCCOC(=O)N1CCN(C(=O)Oc2ccc([N+](=O)[O-])cc2)CC1. The predicted octanol–water partition coefficient (Wildman–Crippen LogP) is 2.65. The second-order valence-electron chi connectivity index (χ2n) is 5.56. The minimum Gasteiger partial charge on any atom is -0.449 e. The second-order valence-corrected chi connectivity index (χ2v) is 5.56. The average molecular weight is 351 g/mol. The largest absolute Gasteiger partial charge is 0.449 e. The van der Waals surface area contributed by atoms with Crippen LogP contribution in [-0.4, -0.2) is 59.7 Å². The average Bonchev–Trinajstić information content (AvgIpc) is 2.62. The third kappa shape index (κ3) is 5.33. The summed E-state index contributed by atoms with van der Waals surface area (Å²) >= 11 is 0. The van der Waals surface area contributed by atoms with Crippen LogP contribution in [0, 0.1) is 10.1 Å². The molecule has 1 aromatic carbocycles. The Kier molecular flexibility index (Phi) is 6.55. The van der Waals surface area contributed by atoms with Gasteiger partial charge in [0.05, 0.1) is 11.5 Å². The number of nitro groups is 1. The zero-order valence-electron chi connectivity index (χ0n) is 14.1. The number of nitrogens with zero attached hydrogens (tertiary/aromatic N) is 3. The molecule has 1 saturated heterocycles. The molecule has 0 aromatic heterocycles. The van der Waals surface area contributed by atoms with Gasteiger partial charge < -0.3 is 19.3 Å². The molecular formula is C16H21N3O6. The molecule has 136 valence electrons. The lowest BCUT2D eigenvalue weighted by Gasteiger charge is -2.33. The Morgan fingerprint density at radius 3 is 2.16 bits per heavy atom. The van der Waals surface area contributed by atoms with Gasteiger partial charge in [0, 0.05) is 38.3 Å². The van der Waals surface area contributed by atoms with Gasteiger partial charge in [0.15, 0.2) is 0 Å². The van der Waals surface area contributed by atoms with E-state index in [4.69, 9.17) is 9.47 Å². The molecule has 1 fully saturated rings. The van der Waals surface area contributed by atoms with Crippen molar-refractivity contribution in [3.05, 3.63) is 34.4 Å². The number of non-ortho nitro benzene ring substituents is 1. The van der Waals surface area contributed by atoms with Crippen molar-refractivity contribution < 1.29 is 24.0 Å². The molecule has 2 amide bonds. The van der Waals surface area contributed by atoms with E-state index in [1.54, 1.807) is 4.90 Å². The lowest BCUT2D eigenvalue weighted by Crippen LogP contribution is -2.51. The number of hydrogen-bond donors (Lipinski definition) is 0. The molecule has 9 nitrogen and oxygen atoms in total. The van der Waals surface area contributed by atoms with Crippen LogP contribution in [0.2, 0.25) is 0 Å². The van der Waals surface area contributed by atoms with Crippen molar-refractivity contribution in [2.45, 2.75) is 19.8 Å². The molecule has 0 aliphatic carbocycles. The summed E-state index contributed by atoms with van der Waals surface area (Å²) in [5, 5.41) is 10.6. The summed E-state index contributed by atoms with van der Waals surface area (Å²) in [6, 6.07) is 5.29. The van der Waals surface area contributed by atoms with Crippen molar-refractivity contribution in [1.29, 1.82) is 0 Å². The van der Waals surface area contributed by atoms with Gasteiger partial charge in [-0.1, -0.05) is 13.3 Å². The Labute approximate surface area is 145 Å². The number of unbranched alkanes of at least 4 members (excludes halogenated alkanes) is 1. The van der Waals surface area contributed by atoms with Crippen LogP contribution in [0.15, 0.2) is 24.3 Å². The van der Waals surface area contributed by atoms with E-state index in [1.807, 2.05) is 6.92 Å². The molecule has 0 radical (unpaired) electrons. The Morgan fingerprint density at radius 2 is 1.64 bits per heavy atom. The van der Waals surface area contributed by atoms with Crippen LogP contribution in [-0.2, 0) is 4.74 Å². The highest BCUT2D eigenvalue weighted by molar-refractivity contribution is 5.72. The summed E-state index contributed by atoms with van der Waals surface area (Å²) in [6.07, 6.45) is 0.868. The molecule has 9 heteroatoms. The molecule has 1 aliphatic rings. The number of nitro benzene ring substituents is 1. The van der Waals surface area contributed by atoms with E-state index in [-0.39, 0.29) is 17.5 Å². The maximum atomic E-state index is 12.1. The van der Waals surface area contributed by atoms with E-state index in [0.717, 1.165) is 12.8 Å². The quantitative estimate of drug-likeness (QED) is 0.459. The maximum absolute atomic E-state index is 12.1. The maximum Gasteiger partial charge on any atom is 0.415 e. The van der Waals surface area contributed by atoms with Gasteiger partial charge in [-0.25, -0.2) is 9.59 Å². The minimum atomic E-state index is -0.548. The number of carbonyl (C=O) groups is 2. The molecule has 0 atom stereocenters. The molecule has 0 N–H and O–H groups in total. The first kappa shape index (κ1) is 18.5. The number of hydrogen-bond acceptors (Lipinski definition) is 6. The number of ether oxygens (including phenoxy) is 2. The number of amides is 2. The van der Waals surface area contributed by atoms with E-state index in [0.29, 0.717) is 32.8 Å². The normalized spacial score (nSPS) is 14.1. The second kappa shape index (κ2) is 8.86. The lowest BCUT2D eigenvalue weighted by molar-refractivity contribution is -0.384. The number of piperazine rings is 1. The summed E-state index contributed by atoms with van der Waals surface area (Å²) in [5.41, 5.74) is -0.0741. The summed E-state index contributed by atoms with van der Waals surface area (Å²) in [7, 11) is 0. The number of carbonyl (C=O) groups excluding carboxylic acids is 2. The number of rotatable bonds is 5. The van der Waals surface area contributed by atoms with Crippen LogP contribution in [0.3, 0.4) is 0 Å². The Hall–Kier alpha value is -2.84. The highest BCUT2D eigenvalue weighted by atomic mass is 16.6. The zero-order valence-corrected chi connectivity index (χ0v) is 14.1. The molecule has 0 bridgehead atoms. The van der Waals surface area contributed by atoms with Crippen molar-refractivity contribution in [3.8, 4) is 5.75 Å². The number of benzene rings is 1. The Morgan fingerprint density at radius 1 is 1.08 bits per heavy atom. The van der Waals surface area contributed by atoms with E-state index >= 15 is 0 Å². The highest BCUT2D eigenvalue weighted by Gasteiger charge is 2.26. The smallest absolute Gasteiger partial charge is 0.415 e. The van der Waals surface area contributed by atoms with Gasteiger partial charge in [0.25, 0.3) is 5.69 Å². The summed E-state index contributed by atoms with van der Waals surface area (Å²) in [6.45, 7) is 3.85. The first-order valence-corrected chi connectivity index (χ1v) is 8.14. The van der Waals surface area contributed by atoms with Crippen molar-refractivity contribution >= 4 is 17.9 Å². The van der Waals surface area contributed by atoms with Crippen molar-refractivity contribution in [1.82, 2.24) is 9.80 Å². The topological polar surface area (TPSA) is 102 Å². The summed E-state index contributed by atoms with van der Waals surface area (Å²) < 4.78 is 10.3. The predicted molar refractivity (Wildman–Crippen MR) is 88.5 cm³/mol. The van der Waals surface area contributed by atoms with Crippen molar-refractivity contribution in [2.75, 3.05) is 32.8 Å². The van der Waals surface area contributed by atoms with Gasteiger partial charge in [-0.3, -0.25) is 10.1 Å². The molecule has 1 aromatic rings. The highest BCUT2D eigenvalue weighted by Crippen LogP contribution is 2.18.